The van der Waals surface area contributed by atoms with Gasteiger partial charge in [-0.3, -0.25) is 4.79 Å². The van der Waals surface area contributed by atoms with Crippen LogP contribution in [0.2, 0.25) is 0 Å². The van der Waals surface area contributed by atoms with Crippen molar-refractivity contribution >= 4 is 17.7 Å². The number of carboxylic acids is 1. The van der Waals surface area contributed by atoms with E-state index in [0.29, 0.717) is 12.3 Å². The summed E-state index contributed by atoms with van der Waals surface area (Å²) in [6.07, 6.45) is 1.66. The maximum absolute atomic E-state index is 13.6. The first kappa shape index (κ1) is 14.3. The summed E-state index contributed by atoms with van der Waals surface area (Å²) in [4.78, 5) is 22.6. The highest BCUT2D eigenvalue weighted by molar-refractivity contribution is 7.99. The van der Waals surface area contributed by atoms with Crippen molar-refractivity contribution in [3.05, 3.63) is 64.3 Å². The average Bonchev–Trinajstić information content (AvgIpc) is 2.42. The SMILES string of the molecule is O=C(O)c1ccc(F)c(SCCn2ccccc2=O)c1. The minimum absolute atomic E-state index is 0.0470. The molecular weight excluding hydrogens is 281 g/mol. The molecule has 0 aliphatic rings. The van der Waals surface area contributed by atoms with Crippen molar-refractivity contribution in [2.45, 2.75) is 11.4 Å². The number of carbonyl (C=O) groups is 1. The molecule has 0 unspecified atom stereocenters. The number of hydrogen-bond acceptors (Lipinski definition) is 3. The number of aromatic nitrogens is 1. The van der Waals surface area contributed by atoms with Crippen LogP contribution in [0, 0.1) is 5.82 Å². The summed E-state index contributed by atoms with van der Waals surface area (Å²) in [5, 5.41) is 8.86. The standard InChI is InChI=1S/C14H12FNO3S/c15-11-5-4-10(14(18)19)9-12(11)20-8-7-16-6-2-1-3-13(16)17/h1-6,9H,7-8H2,(H,18,19). The van der Waals surface area contributed by atoms with E-state index in [0.717, 1.165) is 6.07 Å². The Labute approximate surface area is 118 Å². The normalized spacial score (nSPS) is 10.4. The molecule has 0 radical (unpaired) electrons. The van der Waals surface area contributed by atoms with Gasteiger partial charge in [-0.1, -0.05) is 6.07 Å². The smallest absolute Gasteiger partial charge is 0.335 e. The molecule has 0 atom stereocenters. The third-order valence-corrected chi connectivity index (χ3v) is 3.68. The zero-order chi connectivity index (χ0) is 14.5. The number of aromatic carboxylic acids is 1. The Morgan fingerprint density at radius 2 is 2.10 bits per heavy atom. The zero-order valence-electron chi connectivity index (χ0n) is 10.5. The molecule has 1 N–H and O–H groups in total. The highest BCUT2D eigenvalue weighted by atomic mass is 32.2. The molecule has 0 saturated heterocycles. The van der Waals surface area contributed by atoms with Gasteiger partial charge in [-0.15, -0.1) is 11.8 Å². The second-order valence-electron chi connectivity index (χ2n) is 4.03. The van der Waals surface area contributed by atoms with Crippen LogP contribution in [-0.2, 0) is 6.54 Å². The van der Waals surface area contributed by atoms with Crippen molar-refractivity contribution in [2.24, 2.45) is 0 Å². The first-order valence-electron chi connectivity index (χ1n) is 5.89. The van der Waals surface area contributed by atoms with Crippen LogP contribution in [0.1, 0.15) is 10.4 Å². The molecule has 6 heteroatoms. The first-order valence-corrected chi connectivity index (χ1v) is 6.87. The molecule has 0 aliphatic heterocycles. The molecule has 0 spiro atoms. The summed E-state index contributed by atoms with van der Waals surface area (Å²) in [6.45, 7) is 0.432. The van der Waals surface area contributed by atoms with E-state index >= 15 is 0 Å². The minimum atomic E-state index is -1.09. The fourth-order valence-corrected chi connectivity index (χ4v) is 2.57. The molecule has 2 rings (SSSR count). The second kappa shape index (κ2) is 6.38. The van der Waals surface area contributed by atoms with E-state index in [1.807, 2.05) is 0 Å². The molecule has 0 fully saturated rings. The lowest BCUT2D eigenvalue weighted by atomic mass is 10.2. The topological polar surface area (TPSA) is 59.3 Å². The zero-order valence-corrected chi connectivity index (χ0v) is 11.3. The number of nitrogens with zero attached hydrogens (tertiary/aromatic N) is 1. The number of carboxylic acid groups (broad SMARTS) is 1. The van der Waals surface area contributed by atoms with E-state index in [1.165, 1.54) is 34.5 Å². The average molecular weight is 293 g/mol. The molecule has 0 bridgehead atoms. The van der Waals surface area contributed by atoms with Crippen molar-refractivity contribution in [1.29, 1.82) is 0 Å². The van der Waals surface area contributed by atoms with Gasteiger partial charge < -0.3 is 9.67 Å². The van der Waals surface area contributed by atoms with Crippen molar-refractivity contribution in [2.75, 3.05) is 5.75 Å². The van der Waals surface area contributed by atoms with E-state index in [4.69, 9.17) is 5.11 Å². The molecule has 4 nitrogen and oxygen atoms in total. The molecule has 104 valence electrons. The fraction of sp³-hybridized carbons (Fsp3) is 0.143. The van der Waals surface area contributed by atoms with Gasteiger partial charge in [0.05, 0.1) is 5.56 Å². The summed E-state index contributed by atoms with van der Waals surface area (Å²) in [6, 6.07) is 8.52. The van der Waals surface area contributed by atoms with E-state index in [-0.39, 0.29) is 16.0 Å². The van der Waals surface area contributed by atoms with Crippen molar-refractivity contribution in [1.82, 2.24) is 4.57 Å². The molecule has 20 heavy (non-hydrogen) atoms. The van der Waals surface area contributed by atoms with Crippen LogP contribution in [0.3, 0.4) is 0 Å². The quantitative estimate of drug-likeness (QED) is 0.860. The van der Waals surface area contributed by atoms with Gasteiger partial charge in [0, 0.05) is 29.5 Å². The van der Waals surface area contributed by atoms with Crippen LogP contribution in [0.5, 0.6) is 0 Å². The highest BCUT2D eigenvalue weighted by Gasteiger charge is 2.08. The number of aryl methyl sites for hydroxylation is 1. The lowest BCUT2D eigenvalue weighted by Gasteiger charge is -2.06. The van der Waals surface area contributed by atoms with Gasteiger partial charge in [0.25, 0.3) is 5.56 Å². The molecule has 0 amide bonds. The van der Waals surface area contributed by atoms with Crippen LogP contribution in [-0.4, -0.2) is 21.4 Å². The number of halogens is 1. The van der Waals surface area contributed by atoms with Gasteiger partial charge >= 0.3 is 5.97 Å². The number of benzene rings is 1. The maximum Gasteiger partial charge on any atom is 0.335 e. The minimum Gasteiger partial charge on any atom is -0.478 e. The Kier molecular flexibility index (Phi) is 4.57. The predicted octanol–water partition coefficient (Wildman–Crippen LogP) is 2.48. The Bertz CT molecular complexity index is 684. The van der Waals surface area contributed by atoms with Gasteiger partial charge in [0.2, 0.25) is 0 Å². The lowest BCUT2D eigenvalue weighted by molar-refractivity contribution is 0.0696. The van der Waals surface area contributed by atoms with Crippen LogP contribution in [0.15, 0.2) is 52.3 Å². The number of hydrogen-bond donors (Lipinski definition) is 1. The Morgan fingerprint density at radius 3 is 2.80 bits per heavy atom. The Balaban J connectivity index is 2.04. The molecule has 2 aromatic rings. The molecule has 1 aromatic heterocycles. The van der Waals surface area contributed by atoms with E-state index in [1.54, 1.807) is 18.3 Å². The van der Waals surface area contributed by atoms with Gasteiger partial charge in [-0.2, -0.15) is 0 Å². The maximum atomic E-state index is 13.6. The fourth-order valence-electron chi connectivity index (χ4n) is 1.65. The van der Waals surface area contributed by atoms with Crippen LogP contribution in [0.25, 0.3) is 0 Å². The molecule has 0 aliphatic carbocycles. The Hall–Kier alpha value is -2.08. The number of pyridine rings is 1. The summed E-state index contributed by atoms with van der Waals surface area (Å²) in [5.74, 6) is -1.07. The predicted molar refractivity (Wildman–Crippen MR) is 74.8 cm³/mol. The first-order chi connectivity index (χ1) is 9.58. The van der Waals surface area contributed by atoms with Crippen LogP contribution in [0.4, 0.5) is 4.39 Å². The second-order valence-corrected chi connectivity index (χ2v) is 5.17. The van der Waals surface area contributed by atoms with Crippen molar-refractivity contribution in [3.63, 3.8) is 0 Å². The van der Waals surface area contributed by atoms with E-state index in [2.05, 4.69) is 0 Å². The summed E-state index contributed by atoms with van der Waals surface area (Å²) >= 11 is 1.18. The highest BCUT2D eigenvalue weighted by Crippen LogP contribution is 2.23. The van der Waals surface area contributed by atoms with Gasteiger partial charge in [0.15, 0.2) is 0 Å². The van der Waals surface area contributed by atoms with Crippen molar-refractivity contribution < 1.29 is 14.3 Å². The van der Waals surface area contributed by atoms with Crippen LogP contribution < -0.4 is 5.56 Å². The third kappa shape index (κ3) is 3.48. The molecule has 0 saturated carbocycles. The number of thioether (sulfide) groups is 1. The summed E-state index contributed by atoms with van der Waals surface area (Å²) < 4.78 is 15.1. The molecule has 1 aromatic carbocycles. The van der Waals surface area contributed by atoms with E-state index in [9.17, 15) is 14.0 Å². The molecule has 1 heterocycles. The third-order valence-electron chi connectivity index (χ3n) is 2.67. The monoisotopic (exact) mass is 293 g/mol. The summed E-state index contributed by atoms with van der Waals surface area (Å²) in [5.41, 5.74) is -0.0707. The van der Waals surface area contributed by atoms with Crippen molar-refractivity contribution in [3.8, 4) is 0 Å². The largest absolute Gasteiger partial charge is 0.478 e. The molecular formula is C14H12FNO3S. The van der Waals surface area contributed by atoms with E-state index < -0.39 is 11.8 Å². The van der Waals surface area contributed by atoms with Gasteiger partial charge in [0.1, 0.15) is 5.82 Å². The Morgan fingerprint density at radius 1 is 1.30 bits per heavy atom. The lowest BCUT2D eigenvalue weighted by Crippen LogP contribution is -2.18. The summed E-state index contributed by atoms with van der Waals surface area (Å²) in [7, 11) is 0. The van der Waals surface area contributed by atoms with Gasteiger partial charge in [-0.05, 0) is 24.3 Å². The van der Waals surface area contributed by atoms with Gasteiger partial charge in [-0.25, -0.2) is 9.18 Å². The van der Waals surface area contributed by atoms with Crippen LogP contribution >= 0.6 is 11.8 Å². The number of rotatable bonds is 5.